The maximum atomic E-state index is 13.8. The second-order valence-electron chi connectivity index (χ2n) is 6.07. The van der Waals surface area contributed by atoms with E-state index in [0.29, 0.717) is 43.7 Å². The first-order valence-electron chi connectivity index (χ1n) is 8.52. The fraction of sp³-hybridized carbons (Fsp3) is 0.350. The maximum absolute atomic E-state index is 13.8. The predicted molar refractivity (Wildman–Crippen MR) is 96.1 cm³/mol. The van der Waals surface area contributed by atoms with E-state index in [4.69, 9.17) is 9.94 Å². The van der Waals surface area contributed by atoms with Crippen molar-refractivity contribution in [2.75, 3.05) is 13.7 Å². The molecule has 2 aromatic carbocycles. The highest BCUT2D eigenvalue weighted by molar-refractivity contribution is 5.69. The number of benzene rings is 2. The molecular formula is C20H24FNO4. The topological polar surface area (TPSA) is 67.8 Å². The largest absolute Gasteiger partial charge is 0.469 e. The summed E-state index contributed by atoms with van der Waals surface area (Å²) in [6, 6.07) is 10.2. The Morgan fingerprint density at radius 2 is 1.96 bits per heavy atom. The molecular weight excluding hydrogens is 337 g/mol. The van der Waals surface area contributed by atoms with E-state index in [0.717, 1.165) is 16.7 Å². The Morgan fingerprint density at radius 1 is 1.15 bits per heavy atom. The first kappa shape index (κ1) is 19.9. The summed E-state index contributed by atoms with van der Waals surface area (Å²) < 4.78 is 24.3. The number of aryl methyl sites for hydroxylation is 3. The minimum absolute atomic E-state index is 0.242. The van der Waals surface area contributed by atoms with Crippen molar-refractivity contribution in [3.05, 3.63) is 58.9 Å². The quantitative estimate of drug-likeness (QED) is 0.402. The van der Waals surface area contributed by atoms with Crippen LogP contribution in [0.3, 0.4) is 0 Å². The molecule has 0 heterocycles. The summed E-state index contributed by atoms with van der Waals surface area (Å²) in [7, 11) is 1.37. The van der Waals surface area contributed by atoms with Gasteiger partial charge >= 0.3 is 5.97 Å². The summed E-state index contributed by atoms with van der Waals surface area (Å²) in [6.45, 7) is 2.39. The third-order valence-corrected chi connectivity index (χ3v) is 4.06. The molecule has 0 aliphatic heterocycles. The van der Waals surface area contributed by atoms with Crippen LogP contribution in [0.5, 0.6) is 11.5 Å². The second-order valence-corrected chi connectivity index (χ2v) is 6.07. The summed E-state index contributed by atoms with van der Waals surface area (Å²) in [5.41, 5.74) is 4.93. The van der Waals surface area contributed by atoms with Crippen LogP contribution in [0, 0.1) is 12.7 Å². The van der Waals surface area contributed by atoms with Gasteiger partial charge in [0.1, 0.15) is 17.3 Å². The smallest absolute Gasteiger partial charge is 0.305 e. The number of hydroxylamine groups is 1. The van der Waals surface area contributed by atoms with Crippen molar-refractivity contribution < 1.29 is 23.9 Å². The normalized spacial score (nSPS) is 10.6. The molecule has 0 atom stereocenters. The van der Waals surface area contributed by atoms with Crippen LogP contribution in [0.25, 0.3) is 0 Å². The standard InChI is InChI=1S/C20H24FNO4/c1-14-10-18(7-5-16(14)6-8-20(23)25-2)26-19-12-15(4-3-9-22-24)11-17(21)13-19/h5,7,10-13,22,24H,3-4,6,8-9H2,1-2H3. The molecule has 2 rings (SSSR count). The minimum atomic E-state index is -0.360. The lowest BCUT2D eigenvalue weighted by molar-refractivity contribution is -0.140. The lowest BCUT2D eigenvalue weighted by Crippen LogP contribution is -2.09. The zero-order chi connectivity index (χ0) is 18.9. The van der Waals surface area contributed by atoms with Crippen molar-refractivity contribution in [2.45, 2.75) is 32.6 Å². The Kier molecular flexibility index (Phi) is 7.56. The van der Waals surface area contributed by atoms with Crippen molar-refractivity contribution in [1.82, 2.24) is 5.48 Å². The van der Waals surface area contributed by atoms with Crippen LogP contribution in [0.4, 0.5) is 4.39 Å². The first-order valence-corrected chi connectivity index (χ1v) is 8.52. The molecule has 2 aromatic rings. The van der Waals surface area contributed by atoms with Gasteiger partial charge in [-0.05, 0) is 67.1 Å². The summed E-state index contributed by atoms with van der Waals surface area (Å²) in [5.74, 6) is 0.436. The van der Waals surface area contributed by atoms with Crippen LogP contribution >= 0.6 is 0 Å². The number of nitrogens with one attached hydrogen (secondary N) is 1. The van der Waals surface area contributed by atoms with E-state index < -0.39 is 0 Å². The number of rotatable bonds is 9. The third-order valence-electron chi connectivity index (χ3n) is 4.06. The molecule has 0 fully saturated rings. The van der Waals surface area contributed by atoms with Crippen LogP contribution < -0.4 is 10.2 Å². The highest BCUT2D eigenvalue weighted by Crippen LogP contribution is 2.26. The van der Waals surface area contributed by atoms with Gasteiger partial charge in [0.2, 0.25) is 0 Å². The van der Waals surface area contributed by atoms with Gasteiger partial charge in [0, 0.05) is 19.0 Å². The Balaban J connectivity index is 2.06. The van der Waals surface area contributed by atoms with Crippen LogP contribution in [0.1, 0.15) is 29.5 Å². The van der Waals surface area contributed by atoms with Crippen LogP contribution in [-0.4, -0.2) is 24.8 Å². The van der Waals surface area contributed by atoms with E-state index in [1.807, 2.05) is 19.1 Å². The minimum Gasteiger partial charge on any atom is -0.469 e. The lowest BCUT2D eigenvalue weighted by atomic mass is 10.0. The molecule has 0 amide bonds. The number of ether oxygens (including phenoxy) is 2. The number of methoxy groups -OCH3 is 1. The van der Waals surface area contributed by atoms with Crippen LogP contribution in [0.15, 0.2) is 36.4 Å². The summed E-state index contributed by atoms with van der Waals surface area (Å²) >= 11 is 0. The van der Waals surface area contributed by atoms with Gasteiger partial charge < -0.3 is 14.7 Å². The van der Waals surface area contributed by atoms with Crippen molar-refractivity contribution in [1.29, 1.82) is 0 Å². The van der Waals surface area contributed by atoms with Gasteiger partial charge in [0.25, 0.3) is 0 Å². The molecule has 0 bridgehead atoms. The SMILES string of the molecule is COC(=O)CCc1ccc(Oc2cc(F)cc(CCCNO)c2)cc1C. The molecule has 2 N–H and O–H groups in total. The average Bonchev–Trinajstić information content (AvgIpc) is 2.60. The third kappa shape index (κ3) is 6.13. The van der Waals surface area contributed by atoms with Gasteiger partial charge in [-0.3, -0.25) is 4.79 Å². The Hall–Kier alpha value is -2.44. The van der Waals surface area contributed by atoms with Crippen LogP contribution in [-0.2, 0) is 22.4 Å². The van der Waals surface area contributed by atoms with Gasteiger partial charge in [-0.1, -0.05) is 6.07 Å². The molecule has 0 unspecified atom stereocenters. The molecule has 140 valence electrons. The average molecular weight is 361 g/mol. The Morgan fingerprint density at radius 3 is 2.65 bits per heavy atom. The second kappa shape index (κ2) is 9.89. The highest BCUT2D eigenvalue weighted by Gasteiger charge is 2.07. The van der Waals surface area contributed by atoms with Gasteiger partial charge in [0.15, 0.2) is 0 Å². The zero-order valence-corrected chi connectivity index (χ0v) is 15.0. The first-order chi connectivity index (χ1) is 12.5. The number of esters is 1. The summed E-state index contributed by atoms with van der Waals surface area (Å²) in [5, 5.41) is 8.60. The lowest BCUT2D eigenvalue weighted by Gasteiger charge is -2.11. The van der Waals surface area contributed by atoms with Gasteiger partial charge in [-0.15, -0.1) is 0 Å². The summed E-state index contributed by atoms with van der Waals surface area (Å²) in [6.07, 6.45) is 2.25. The number of halogens is 1. The van der Waals surface area contributed by atoms with E-state index in [-0.39, 0.29) is 11.8 Å². The van der Waals surface area contributed by atoms with E-state index in [1.165, 1.54) is 19.2 Å². The molecule has 0 aromatic heterocycles. The van der Waals surface area contributed by atoms with Gasteiger partial charge in [0.05, 0.1) is 7.11 Å². The summed E-state index contributed by atoms with van der Waals surface area (Å²) in [4.78, 5) is 11.3. The molecule has 0 radical (unpaired) electrons. The fourth-order valence-electron chi connectivity index (χ4n) is 2.68. The molecule has 5 nitrogen and oxygen atoms in total. The van der Waals surface area contributed by atoms with Gasteiger partial charge in [-0.25, -0.2) is 9.87 Å². The molecule has 26 heavy (non-hydrogen) atoms. The Labute approximate surface area is 152 Å². The number of hydrogen-bond acceptors (Lipinski definition) is 5. The molecule has 0 aliphatic carbocycles. The number of carbonyl (C=O) groups excluding carboxylic acids is 1. The van der Waals surface area contributed by atoms with Crippen molar-refractivity contribution in [3.8, 4) is 11.5 Å². The molecule has 0 saturated heterocycles. The molecule has 0 saturated carbocycles. The molecule has 0 aliphatic rings. The highest BCUT2D eigenvalue weighted by atomic mass is 19.1. The predicted octanol–water partition coefficient (Wildman–Crippen LogP) is 3.94. The van der Waals surface area contributed by atoms with Crippen molar-refractivity contribution >= 4 is 5.97 Å². The monoisotopic (exact) mass is 361 g/mol. The van der Waals surface area contributed by atoms with E-state index in [9.17, 15) is 9.18 Å². The van der Waals surface area contributed by atoms with Gasteiger partial charge in [-0.2, -0.15) is 0 Å². The van der Waals surface area contributed by atoms with E-state index in [2.05, 4.69) is 10.2 Å². The molecule has 6 heteroatoms. The van der Waals surface area contributed by atoms with Crippen LogP contribution in [0.2, 0.25) is 0 Å². The maximum Gasteiger partial charge on any atom is 0.305 e. The van der Waals surface area contributed by atoms with Crippen molar-refractivity contribution in [2.24, 2.45) is 0 Å². The van der Waals surface area contributed by atoms with E-state index >= 15 is 0 Å². The van der Waals surface area contributed by atoms with Crippen molar-refractivity contribution in [3.63, 3.8) is 0 Å². The van der Waals surface area contributed by atoms with E-state index in [1.54, 1.807) is 12.1 Å². The molecule has 0 spiro atoms. The fourth-order valence-corrected chi connectivity index (χ4v) is 2.68. The Bertz CT molecular complexity index is 749. The zero-order valence-electron chi connectivity index (χ0n) is 15.0. The number of carbonyl (C=O) groups is 1. The number of hydrogen-bond donors (Lipinski definition) is 2.